The summed E-state index contributed by atoms with van der Waals surface area (Å²) in [4.78, 5) is 17.2. The zero-order chi connectivity index (χ0) is 13.4. The third-order valence-electron chi connectivity index (χ3n) is 2.83. The number of hydrogen-bond acceptors (Lipinski definition) is 2. The second-order valence-corrected chi connectivity index (χ2v) is 5.17. The normalized spacial score (nSPS) is 19.6. The molecular formula is C12H13Cl2N3O. The number of carbonyl (C=O) groups excluding carboxylic acids is 1. The van der Waals surface area contributed by atoms with E-state index < -0.39 is 6.04 Å². The molecule has 96 valence electrons. The van der Waals surface area contributed by atoms with E-state index >= 15 is 0 Å². The molecule has 0 bridgehead atoms. The average molecular weight is 286 g/mol. The second-order valence-electron chi connectivity index (χ2n) is 4.36. The van der Waals surface area contributed by atoms with Crippen molar-refractivity contribution >= 4 is 35.1 Å². The maximum atomic E-state index is 11.8. The topological polar surface area (TPSA) is 58.7 Å². The van der Waals surface area contributed by atoms with E-state index in [-0.39, 0.29) is 17.9 Å². The van der Waals surface area contributed by atoms with Crippen LogP contribution in [-0.4, -0.2) is 22.8 Å². The van der Waals surface area contributed by atoms with Crippen LogP contribution in [0, 0.1) is 0 Å². The largest absolute Gasteiger partial charge is 0.385 e. The van der Waals surface area contributed by atoms with Crippen LogP contribution in [0.5, 0.6) is 0 Å². The highest BCUT2D eigenvalue weighted by Gasteiger charge is 2.38. The first-order valence-electron chi connectivity index (χ1n) is 5.53. The van der Waals surface area contributed by atoms with Crippen LogP contribution in [0.15, 0.2) is 23.2 Å². The molecule has 1 heterocycles. The van der Waals surface area contributed by atoms with E-state index in [9.17, 15) is 4.79 Å². The first-order valence-corrected chi connectivity index (χ1v) is 6.29. The van der Waals surface area contributed by atoms with Crippen molar-refractivity contribution in [3.05, 3.63) is 33.8 Å². The summed E-state index contributed by atoms with van der Waals surface area (Å²) in [5.74, 6) is 0.226. The van der Waals surface area contributed by atoms with Crippen LogP contribution in [0.1, 0.15) is 25.5 Å². The fourth-order valence-corrected chi connectivity index (χ4v) is 2.66. The minimum atomic E-state index is -0.487. The van der Waals surface area contributed by atoms with Crippen LogP contribution >= 0.6 is 23.2 Å². The molecule has 1 atom stereocenters. The van der Waals surface area contributed by atoms with Crippen LogP contribution in [0.25, 0.3) is 0 Å². The Balaban J connectivity index is 2.55. The molecule has 1 aromatic rings. The summed E-state index contributed by atoms with van der Waals surface area (Å²) in [7, 11) is 0. The molecule has 6 heteroatoms. The van der Waals surface area contributed by atoms with E-state index in [2.05, 4.69) is 4.99 Å². The van der Waals surface area contributed by atoms with Crippen LogP contribution in [-0.2, 0) is 0 Å². The highest BCUT2D eigenvalue weighted by Crippen LogP contribution is 2.37. The molecule has 0 fully saturated rings. The zero-order valence-electron chi connectivity index (χ0n) is 10.0. The number of rotatable bonds is 2. The van der Waals surface area contributed by atoms with E-state index in [4.69, 9.17) is 28.9 Å². The van der Waals surface area contributed by atoms with Gasteiger partial charge in [0.2, 0.25) is 0 Å². The molecule has 4 nitrogen and oxygen atoms in total. The highest BCUT2D eigenvalue weighted by atomic mass is 35.5. The quantitative estimate of drug-likeness (QED) is 0.907. The van der Waals surface area contributed by atoms with Crippen molar-refractivity contribution < 1.29 is 4.79 Å². The number of amidine groups is 1. The fourth-order valence-electron chi connectivity index (χ4n) is 2.06. The van der Waals surface area contributed by atoms with Crippen molar-refractivity contribution in [2.24, 2.45) is 10.7 Å². The van der Waals surface area contributed by atoms with Gasteiger partial charge in [-0.25, -0.2) is 4.79 Å². The van der Waals surface area contributed by atoms with Crippen LogP contribution < -0.4 is 5.73 Å². The molecule has 2 amide bonds. The molecule has 1 aliphatic rings. The Morgan fingerprint density at radius 1 is 1.33 bits per heavy atom. The number of halogens is 2. The first kappa shape index (κ1) is 13.2. The lowest BCUT2D eigenvalue weighted by Crippen LogP contribution is -2.38. The van der Waals surface area contributed by atoms with E-state index in [1.807, 2.05) is 13.8 Å². The van der Waals surface area contributed by atoms with E-state index in [1.54, 1.807) is 23.1 Å². The lowest BCUT2D eigenvalue weighted by atomic mass is 10.0. The Labute approximate surface area is 115 Å². The van der Waals surface area contributed by atoms with Gasteiger partial charge in [-0.05, 0) is 26.0 Å². The van der Waals surface area contributed by atoms with Gasteiger partial charge in [-0.2, -0.15) is 4.99 Å². The molecule has 1 unspecified atom stereocenters. The molecular weight excluding hydrogens is 273 g/mol. The van der Waals surface area contributed by atoms with Gasteiger partial charge in [-0.3, -0.25) is 0 Å². The molecule has 18 heavy (non-hydrogen) atoms. The standard InChI is InChI=1S/C12H13Cl2N3O/c1-6(2)17-10(11(15)16-12(17)18)9-7(13)4-3-5-8(9)14/h3-6,10H,1-2H3,(H2,15,16,18). The Morgan fingerprint density at radius 2 is 1.89 bits per heavy atom. The van der Waals surface area contributed by atoms with E-state index in [0.717, 1.165) is 0 Å². The van der Waals surface area contributed by atoms with Gasteiger partial charge in [0.15, 0.2) is 0 Å². The summed E-state index contributed by atoms with van der Waals surface area (Å²) in [6.45, 7) is 3.79. The van der Waals surface area contributed by atoms with Gasteiger partial charge in [0.1, 0.15) is 11.9 Å². The SMILES string of the molecule is CC(C)N1C(=O)N=C(N)C1c1c(Cl)cccc1Cl. The van der Waals surface area contributed by atoms with Crippen molar-refractivity contribution in [3.8, 4) is 0 Å². The first-order chi connectivity index (χ1) is 8.43. The molecule has 0 saturated heterocycles. The second kappa shape index (κ2) is 4.78. The highest BCUT2D eigenvalue weighted by molar-refractivity contribution is 6.36. The molecule has 2 rings (SSSR count). The average Bonchev–Trinajstić information content (AvgIpc) is 2.54. The molecule has 0 aromatic heterocycles. The summed E-state index contributed by atoms with van der Waals surface area (Å²) < 4.78 is 0. The molecule has 0 spiro atoms. The number of amides is 2. The minimum absolute atomic E-state index is 0.0420. The number of benzene rings is 1. The minimum Gasteiger partial charge on any atom is -0.385 e. The summed E-state index contributed by atoms with van der Waals surface area (Å²) in [5.41, 5.74) is 6.46. The maximum Gasteiger partial charge on any atom is 0.346 e. The van der Waals surface area contributed by atoms with Gasteiger partial charge in [-0.15, -0.1) is 0 Å². The van der Waals surface area contributed by atoms with Crippen molar-refractivity contribution in [3.63, 3.8) is 0 Å². The van der Waals surface area contributed by atoms with Crippen molar-refractivity contribution in [2.45, 2.75) is 25.9 Å². The van der Waals surface area contributed by atoms with E-state index in [1.165, 1.54) is 0 Å². The van der Waals surface area contributed by atoms with Crippen molar-refractivity contribution in [2.75, 3.05) is 0 Å². The number of nitrogens with zero attached hydrogens (tertiary/aromatic N) is 2. The van der Waals surface area contributed by atoms with Crippen LogP contribution in [0.4, 0.5) is 4.79 Å². The molecule has 0 aliphatic carbocycles. The summed E-state index contributed by atoms with van der Waals surface area (Å²) in [6, 6.07) is 4.30. The van der Waals surface area contributed by atoms with Crippen LogP contribution in [0.3, 0.4) is 0 Å². The summed E-state index contributed by atoms with van der Waals surface area (Å²) >= 11 is 12.3. The number of carbonyl (C=O) groups is 1. The predicted octanol–water partition coefficient (Wildman–Crippen LogP) is 3.24. The molecule has 2 N–H and O–H groups in total. The van der Waals surface area contributed by atoms with Crippen LogP contribution in [0.2, 0.25) is 10.0 Å². The van der Waals surface area contributed by atoms with Gasteiger partial charge in [0.05, 0.1) is 0 Å². The lowest BCUT2D eigenvalue weighted by Gasteiger charge is -2.29. The third kappa shape index (κ3) is 2.06. The smallest absolute Gasteiger partial charge is 0.346 e. The van der Waals surface area contributed by atoms with Gasteiger partial charge < -0.3 is 10.6 Å². The Morgan fingerprint density at radius 3 is 2.39 bits per heavy atom. The van der Waals surface area contributed by atoms with Gasteiger partial charge in [-0.1, -0.05) is 29.3 Å². The molecule has 1 aromatic carbocycles. The third-order valence-corrected chi connectivity index (χ3v) is 3.49. The monoisotopic (exact) mass is 285 g/mol. The van der Waals surface area contributed by atoms with Gasteiger partial charge >= 0.3 is 6.03 Å². The maximum absolute atomic E-state index is 11.8. The Bertz CT molecular complexity index is 508. The number of aliphatic imine (C=N–C) groups is 1. The number of urea groups is 1. The van der Waals surface area contributed by atoms with Gasteiger partial charge in [0.25, 0.3) is 0 Å². The van der Waals surface area contributed by atoms with Gasteiger partial charge in [0, 0.05) is 21.7 Å². The molecule has 1 aliphatic heterocycles. The summed E-state index contributed by atoms with van der Waals surface area (Å²) in [6.07, 6.45) is 0. The Hall–Kier alpha value is -1.26. The Kier molecular flexibility index (Phi) is 3.50. The van der Waals surface area contributed by atoms with Crippen molar-refractivity contribution in [1.29, 1.82) is 0 Å². The van der Waals surface area contributed by atoms with Crippen molar-refractivity contribution in [1.82, 2.24) is 4.90 Å². The molecule has 0 radical (unpaired) electrons. The predicted molar refractivity (Wildman–Crippen MR) is 73.2 cm³/mol. The lowest BCUT2D eigenvalue weighted by molar-refractivity contribution is 0.190. The summed E-state index contributed by atoms with van der Waals surface area (Å²) in [5, 5.41) is 0.956. The number of hydrogen-bond donors (Lipinski definition) is 1. The molecule has 0 saturated carbocycles. The fraction of sp³-hybridized carbons (Fsp3) is 0.333. The van der Waals surface area contributed by atoms with E-state index in [0.29, 0.717) is 15.6 Å². The number of nitrogens with two attached hydrogens (primary N) is 1. The zero-order valence-corrected chi connectivity index (χ0v) is 11.5.